The summed E-state index contributed by atoms with van der Waals surface area (Å²) in [6.45, 7) is 7.05. The minimum atomic E-state index is -4.38. The second kappa shape index (κ2) is 6.19. The van der Waals surface area contributed by atoms with Crippen molar-refractivity contribution in [2.45, 2.75) is 51.3 Å². The van der Waals surface area contributed by atoms with Gasteiger partial charge in [0.2, 0.25) is 0 Å². The molecule has 0 aliphatic heterocycles. The van der Waals surface area contributed by atoms with Crippen LogP contribution in [0.5, 0.6) is 0 Å². The van der Waals surface area contributed by atoms with Crippen molar-refractivity contribution in [3.63, 3.8) is 0 Å². The topological polar surface area (TPSA) is 26.3 Å². The van der Waals surface area contributed by atoms with E-state index >= 15 is 0 Å². The van der Waals surface area contributed by atoms with E-state index in [1.54, 1.807) is 6.92 Å². The highest BCUT2D eigenvalue weighted by molar-refractivity contribution is 5.87. The number of fused-ring (bicyclic) bond motifs is 2. The zero-order valence-corrected chi connectivity index (χ0v) is 14.5. The fourth-order valence-corrected chi connectivity index (χ4v) is 4.54. The van der Waals surface area contributed by atoms with Crippen molar-refractivity contribution in [2.75, 3.05) is 0 Å². The number of halogens is 3. The Labute approximate surface area is 146 Å². The third-order valence-corrected chi connectivity index (χ3v) is 5.88. The van der Waals surface area contributed by atoms with Crippen LogP contribution in [-0.2, 0) is 21.3 Å². The summed E-state index contributed by atoms with van der Waals surface area (Å²) in [6.07, 6.45) is -0.0260. The average molecular weight is 352 g/mol. The zero-order chi connectivity index (χ0) is 18.4. The molecule has 4 unspecified atom stereocenters. The Balaban J connectivity index is 1.96. The highest BCUT2D eigenvalue weighted by Gasteiger charge is 2.51. The summed E-state index contributed by atoms with van der Waals surface area (Å²) in [6, 6.07) is 5.02. The molecule has 2 saturated carbocycles. The quantitative estimate of drug-likeness (QED) is 0.530. The van der Waals surface area contributed by atoms with E-state index in [0.717, 1.165) is 31.4 Å². The van der Waals surface area contributed by atoms with Crippen LogP contribution in [0.15, 0.2) is 36.4 Å². The van der Waals surface area contributed by atoms with Gasteiger partial charge in [-0.1, -0.05) is 25.1 Å². The van der Waals surface area contributed by atoms with Crippen LogP contribution in [0.3, 0.4) is 0 Å². The lowest BCUT2D eigenvalue weighted by Gasteiger charge is -2.40. The predicted octanol–water partition coefficient (Wildman–Crippen LogP) is 5.48. The predicted molar refractivity (Wildman–Crippen MR) is 88.6 cm³/mol. The van der Waals surface area contributed by atoms with Crippen molar-refractivity contribution in [3.8, 4) is 0 Å². The monoisotopic (exact) mass is 352 g/mol. The zero-order valence-electron chi connectivity index (χ0n) is 14.5. The Bertz CT molecular complexity index is 677. The lowest BCUT2D eigenvalue weighted by Crippen LogP contribution is -2.40. The molecule has 0 heterocycles. The van der Waals surface area contributed by atoms with E-state index in [2.05, 4.69) is 6.58 Å². The van der Waals surface area contributed by atoms with Crippen LogP contribution in [0.1, 0.15) is 50.7 Å². The first kappa shape index (κ1) is 18.0. The number of alkyl halides is 3. The van der Waals surface area contributed by atoms with E-state index in [9.17, 15) is 18.0 Å². The van der Waals surface area contributed by atoms with Crippen molar-refractivity contribution in [1.82, 2.24) is 0 Å². The molecule has 25 heavy (non-hydrogen) atoms. The van der Waals surface area contributed by atoms with Gasteiger partial charge in [-0.3, -0.25) is 0 Å². The summed E-state index contributed by atoms with van der Waals surface area (Å²) in [5, 5.41) is 0. The summed E-state index contributed by atoms with van der Waals surface area (Å²) in [5.41, 5.74) is -0.716. The molecule has 1 aromatic carbocycles. The number of hydrogen-bond acceptors (Lipinski definition) is 2. The second-order valence-corrected chi connectivity index (χ2v) is 7.63. The van der Waals surface area contributed by atoms with Gasteiger partial charge in [-0.15, -0.1) is 0 Å². The van der Waals surface area contributed by atoms with Gasteiger partial charge in [-0.25, -0.2) is 4.79 Å². The third kappa shape index (κ3) is 3.33. The SMILES string of the molecule is C=C(C)C(=O)OC(C)(c1ccc(C(F)(F)F)cc1)C1CC2CCC1C2. The molecule has 0 spiro atoms. The van der Waals surface area contributed by atoms with E-state index in [1.807, 2.05) is 6.92 Å². The van der Waals surface area contributed by atoms with Gasteiger partial charge >= 0.3 is 12.1 Å². The molecule has 5 heteroatoms. The molecule has 4 atom stereocenters. The van der Waals surface area contributed by atoms with Crippen LogP contribution in [-0.4, -0.2) is 5.97 Å². The molecule has 1 aromatic rings. The Hall–Kier alpha value is -1.78. The Morgan fingerprint density at radius 1 is 1.12 bits per heavy atom. The number of carbonyl (C=O) groups is 1. The number of rotatable bonds is 4. The lowest BCUT2D eigenvalue weighted by atomic mass is 9.73. The number of hydrogen-bond donors (Lipinski definition) is 0. The molecule has 0 aromatic heterocycles. The highest BCUT2D eigenvalue weighted by atomic mass is 19.4. The molecule has 2 bridgehead atoms. The Morgan fingerprint density at radius 3 is 2.16 bits per heavy atom. The van der Waals surface area contributed by atoms with Crippen LogP contribution < -0.4 is 0 Å². The molecular weight excluding hydrogens is 329 g/mol. The summed E-state index contributed by atoms with van der Waals surface area (Å²) in [5.74, 6) is 0.721. The first-order valence-corrected chi connectivity index (χ1v) is 8.68. The van der Waals surface area contributed by atoms with Crippen LogP contribution in [0.25, 0.3) is 0 Å². The maximum atomic E-state index is 12.9. The first-order chi connectivity index (χ1) is 11.6. The smallest absolute Gasteiger partial charge is 0.416 e. The third-order valence-electron chi connectivity index (χ3n) is 5.88. The van der Waals surface area contributed by atoms with Crippen molar-refractivity contribution in [2.24, 2.45) is 17.8 Å². The Kier molecular flexibility index (Phi) is 4.46. The van der Waals surface area contributed by atoms with Gasteiger partial charge < -0.3 is 4.74 Å². The summed E-state index contributed by atoms with van der Waals surface area (Å²) >= 11 is 0. The number of benzene rings is 1. The number of ether oxygens (including phenoxy) is 1. The summed E-state index contributed by atoms with van der Waals surface area (Å²) in [7, 11) is 0. The van der Waals surface area contributed by atoms with Crippen LogP contribution in [0, 0.1) is 17.8 Å². The highest BCUT2D eigenvalue weighted by Crippen LogP contribution is 2.56. The largest absolute Gasteiger partial charge is 0.451 e. The molecule has 2 aliphatic carbocycles. The number of esters is 1. The lowest BCUT2D eigenvalue weighted by molar-refractivity contribution is -0.163. The molecule has 136 valence electrons. The standard InChI is InChI=1S/C20H23F3O2/c1-12(2)18(24)25-19(3,17-11-13-4-5-14(17)10-13)15-6-8-16(9-7-15)20(21,22)23/h6-9,13-14,17H,1,4-5,10-11H2,2-3H3. The van der Waals surface area contributed by atoms with E-state index in [4.69, 9.17) is 4.74 Å². The van der Waals surface area contributed by atoms with Gasteiger partial charge in [0, 0.05) is 11.5 Å². The minimum absolute atomic E-state index is 0.131. The summed E-state index contributed by atoms with van der Waals surface area (Å²) in [4.78, 5) is 12.2. The molecule has 2 fully saturated rings. The molecule has 3 rings (SSSR count). The fraction of sp³-hybridized carbons (Fsp3) is 0.550. The molecular formula is C20H23F3O2. The van der Waals surface area contributed by atoms with E-state index in [0.29, 0.717) is 23.0 Å². The average Bonchev–Trinajstić information content (AvgIpc) is 3.17. The molecule has 2 nitrogen and oxygen atoms in total. The summed E-state index contributed by atoms with van der Waals surface area (Å²) < 4.78 is 44.4. The number of carbonyl (C=O) groups excluding carboxylic acids is 1. The molecule has 0 N–H and O–H groups in total. The second-order valence-electron chi connectivity index (χ2n) is 7.63. The maximum absolute atomic E-state index is 12.9. The molecule has 2 aliphatic rings. The van der Waals surface area contributed by atoms with Gasteiger partial charge in [0.1, 0.15) is 5.60 Å². The van der Waals surface area contributed by atoms with Crippen LogP contribution in [0.4, 0.5) is 13.2 Å². The van der Waals surface area contributed by atoms with Crippen molar-refractivity contribution < 1.29 is 22.7 Å². The maximum Gasteiger partial charge on any atom is 0.416 e. The van der Waals surface area contributed by atoms with Gasteiger partial charge in [0.15, 0.2) is 0 Å². The molecule has 0 saturated heterocycles. The van der Waals surface area contributed by atoms with Gasteiger partial charge in [-0.05, 0) is 62.6 Å². The van der Waals surface area contributed by atoms with Gasteiger partial charge in [0.25, 0.3) is 0 Å². The van der Waals surface area contributed by atoms with Crippen LogP contribution >= 0.6 is 0 Å². The fourth-order valence-electron chi connectivity index (χ4n) is 4.54. The van der Waals surface area contributed by atoms with E-state index in [-0.39, 0.29) is 5.92 Å². The minimum Gasteiger partial charge on any atom is -0.451 e. The van der Waals surface area contributed by atoms with Gasteiger partial charge in [-0.2, -0.15) is 13.2 Å². The van der Waals surface area contributed by atoms with E-state index < -0.39 is 23.3 Å². The molecule has 0 radical (unpaired) electrons. The van der Waals surface area contributed by atoms with Crippen molar-refractivity contribution >= 4 is 5.97 Å². The molecule has 0 amide bonds. The van der Waals surface area contributed by atoms with Gasteiger partial charge in [0.05, 0.1) is 5.56 Å². The van der Waals surface area contributed by atoms with E-state index in [1.165, 1.54) is 18.6 Å². The normalized spacial score (nSPS) is 27.8. The van der Waals surface area contributed by atoms with Crippen molar-refractivity contribution in [3.05, 3.63) is 47.5 Å². The first-order valence-electron chi connectivity index (χ1n) is 8.68. The van der Waals surface area contributed by atoms with Crippen LogP contribution in [0.2, 0.25) is 0 Å². The van der Waals surface area contributed by atoms with Crippen molar-refractivity contribution in [1.29, 1.82) is 0 Å². The Morgan fingerprint density at radius 2 is 1.72 bits per heavy atom.